The number of benzene rings is 1. The summed E-state index contributed by atoms with van der Waals surface area (Å²) in [5, 5.41) is 11.1. The summed E-state index contributed by atoms with van der Waals surface area (Å²) in [5.74, 6) is 0.0189. The summed E-state index contributed by atoms with van der Waals surface area (Å²) in [6, 6.07) is 5.55. The number of amides is 1. The van der Waals surface area contributed by atoms with Gasteiger partial charge >= 0.3 is 0 Å². The third-order valence-electron chi connectivity index (χ3n) is 4.04. The lowest BCUT2D eigenvalue weighted by Crippen LogP contribution is -2.44. The maximum atomic E-state index is 12.7. The first-order valence-corrected chi connectivity index (χ1v) is 8.12. The molecule has 3 N–H and O–H groups in total. The fourth-order valence-corrected chi connectivity index (χ4v) is 4.20. The number of aliphatic hydroxyl groups is 1. The number of carbonyl (C=O) groups is 1. The Labute approximate surface area is 132 Å². The Bertz CT molecular complexity index is 700. The fraction of sp³-hybridized carbons (Fsp3) is 0.400. The number of hydrogen-bond acceptors (Lipinski definition) is 4. The van der Waals surface area contributed by atoms with Crippen molar-refractivity contribution in [3.05, 3.63) is 28.1 Å². The normalized spacial score (nSPS) is 22.7. The van der Waals surface area contributed by atoms with E-state index in [9.17, 15) is 9.90 Å². The van der Waals surface area contributed by atoms with Gasteiger partial charge in [0, 0.05) is 23.2 Å². The highest BCUT2D eigenvalue weighted by atomic mass is 35.5. The quantitative estimate of drug-likeness (QED) is 0.847. The number of likely N-dealkylation sites (tertiary alicyclic amines) is 1. The van der Waals surface area contributed by atoms with Crippen molar-refractivity contribution in [2.24, 2.45) is 5.92 Å². The van der Waals surface area contributed by atoms with Crippen molar-refractivity contribution >= 4 is 44.6 Å². The van der Waals surface area contributed by atoms with Crippen LogP contribution in [0.5, 0.6) is 0 Å². The Hall–Kier alpha value is -1.30. The van der Waals surface area contributed by atoms with Crippen molar-refractivity contribution < 1.29 is 9.90 Å². The lowest BCUT2D eigenvalue weighted by atomic mass is 9.96. The molecule has 3 rings (SSSR count). The number of anilines is 1. The minimum Gasteiger partial charge on any atom is -0.397 e. The second-order valence-corrected chi connectivity index (χ2v) is 7.00. The van der Waals surface area contributed by atoms with Crippen LogP contribution in [0.3, 0.4) is 0 Å². The summed E-state index contributed by atoms with van der Waals surface area (Å²) in [5.41, 5.74) is 6.60. The largest absolute Gasteiger partial charge is 0.397 e. The molecule has 2 heterocycles. The number of nitrogen functional groups attached to an aromatic ring is 1. The van der Waals surface area contributed by atoms with Gasteiger partial charge in [-0.25, -0.2) is 0 Å². The Kier molecular flexibility index (Phi) is 3.82. The number of rotatable bonds is 1. The van der Waals surface area contributed by atoms with Crippen molar-refractivity contribution in [1.82, 2.24) is 4.90 Å². The zero-order valence-corrected chi connectivity index (χ0v) is 13.2. The first kappa shape index (κ1) is 14.6. The molecule has 1 amide bonds. The molecule has 1 aliphatic rings. The molecule has 21 heavy (non-hydrogen) atoms. The van der Waals surface area contributed by atoms with E-state index in [4.69, 9.17) is 17.3 Å². The molecule has 1 aliphatic heterocycles. The van der Waals surface area contributed by atoms with Gasteiger partial charge in [-0.2, -0.15) is 0 Å². The van der Waals surface area contributed by atoms with E-state index in [1.165, 1.54) is 11.3 Å². The van der Waals surface area contributed by atoms with Crippen molar-refractivity contribution in [2.75, 3.05) is 18.8 Å². The number of aliphatic hydroxyl groups excluding tert-OH is 1. The zero-order valence-electron chi connectivity index (χ0n) is 11.7. The van der Waals surface area contributed by atoms with Gasteiger partial charge in [-0.05, 0) is 24.5 Å². The predicted molar refractivity (Wildman–Crippen MR) is 86.9 cm³/mol. The van der Waals surface area contributed by atoms with Gasteiger partial charge in [0.1, 0.15) is 4.88 Å². The van der Waals surface area contributed by atoms with Crippen molar-refractivity contribution in [3.63, 3.8) is 0 Å². The second-order valence-electron chi connectivity index (χ2n) is 5.54. The van der Waals surface area contributed by atoms with Crippen LogP contribution in [0.1, 0.15) is 23.0 Å². The van der Waals surface area contributed by atoms with Crippen LogP contribution in [-0.2, 0) is 0 Å². The predicted octanol–water partition coefficient (Wildman–Crippen LogP) is 2.98. The number of nitrogens with two attached hydrogens (primary N) is 1. The van der Waals surface area contributed by atoms with Crippen LogP contribution >= 0.6 is 22.9 Å². The smallest absolute Gasteiger partial charge is 0.266 e. The molecule has 1 aromatic heterocycles. The number of piperidine rings is 1. The number of hydrogen-bond donors (Lipinski definition) is 2. The highest BCUT2D eigenvalue weighted by Crippen LogP contribution is 2.38. The average Bonchev–Trinajstić information content (AvgIpc) is 2.80. The number of fused-ring (bicyclic) bond motifs is 1. The van der Waals surface area contributed by atoms with Gasteiger partial charge in [-0.1, -0.05) is 24.6 Å². The first-order chi connectivity index (χ1) is 9.99. The molecule has 0 bridgehead atoms. The van der Waals surface area contributed by atoms with Crippen molar-refractivity contribution in [3.8, 4) is 0 Å². The summed E-state index contributed by atoms with van der Waals surface area (Å²) < 4.78 is 0.924. The van der Waals surface area contributed by atoms with E-state index in [0.717, 1.165) is 10.1 Å². The van der Waals surface area contributed by atoms with Gasteiger partial charge in [0.25, 0.3) is 5.91 Å². The van der Waals surface area contributed by atoms with E-state index in [1.807, 2.05) is 19.1 Å². The molecule has 112 valence electrons. The fourth-order valence-electron chi connectivity index (χ4n) is 2.75. The molecule has 0 saturated carbocycles. The summed E-state index contributed by atoms with van der Waals surface area (Å²) >= 11 is 7.56. The minimum absolute atomic E-state index is 0.0662. The van der Waals surface area contributed by atoms with Gasteiger partial charge in [-0.3, -0.25) is 4.79 Å². The van der Waals surface area contributed by atoms with Crippen LogP contribution in [0, 0.1) is 5.92 Å². The second kappa shape index (κ2) is 5.48. The van der Waals surface area contributed by atoms with Gasteiger partial charge in [0.05, 0.1) is 16.8 Å². The Morgan fingerprint density at radius 1 is 1.52 bits per heavy atom. The Morgan fingerprint density at radius 2 is 2.29 bits per heavy atom. The Balaban J connectivity index is 1.95. The van der Waals surface area contributed by atoms with Gasteiger partial charge in [-0.15, -0.1) is 11.3 Å². The van der Waals surface area contributed by atoms with E-state index >= 15 is 0 Å². The summed E-state index contributed by atoms with van der Waals surface area (Å²) in [4.78, 5) is 15.0. The monoisotopic (exact) mass is 324 g/mol. The van der Waals surface area contributed by atoms with Crippen LogP contribution in [0.4, 0.5) is 5.69 Å². The van der Waals surface area contributed by atoms with Gasteiger partial charge in [0.2, 0.25) is 0 Å². The van der Waals surface area contributed by atoms with Crippen LogP contribution in [0.25, 0.3) is 10.1 Å². The molecule has 0 spiro atoms. The molecule has 2 unspecified atom stereocenters. The van der Waals surface area contributed by atoms with E-state index in [2.05, 4.69) is 0 Å². The molecular weight excluding hydrogens is 308 g/mol. The molecule has 4 nitrogen and oxygen atoms in total. The summed E-state index contributed by atoms with van der Waals surface area (Å²) in [6.07, 6.45) is 0.279. The number of carbonyl (C=O) groups excluding carboxylic acids is 1. The summed E-state index contributed by atoms with van der Waals surface area (Å²) in [7, 11) is 0. The molecule has 1 aromatic carbocycles. The zero-order chi connectivity index (χ0) is 15.1. The Morgan fingerprint density at radius 3 is 2.95 bits per heavy atom. The SMILES string of the molecule is CC1CN(C(=O)c2sc3cccc(Cl)c3c2N)CCC1O. The molecule has 0 aliphatic carbocycles. The molecular formula is C15H17ClN2O2S. The third kappa shape index (κ3) is 2.50. The van der Waals surface area contributed by atoms with Crippen molar-refractivity contribution in [1.29, 1.82) is 0 Å². The topological polar surface area (TPSA) is 66.6 Å². The van der Waals surface area contributed by atoms with E-state index < -0.39 is 0 Å². The van der Waals surface area contributed by atoms with E-state index in [0.29, 0.717) is 35.1 Å². The van der Waals surface area contributed by atoms with E-state index in [-0.39, 0.29) is 17.9 Å². The molecule has 2 atom stereocenters. The highest BCUT2D eigenvalue weighted by Gasteiger charge is 2.30. The van der Waals surface area contributed by atoms with Gasteiger partial charge in [0.15, 0.2) is 0 Å². The highest BCUT2D eigenvalue weighted by molar-refractivity contribution is 7.21. The molecule has 0 radical (unpaired) electrons. The van der Waals surface area contributed by atoms with Crippen LogP contribution in [0.15, 0.2) is 18.2 Å². The van der Waals surface area contributed by atoms with Crippen LogP contribution < -0.4 is 5.73 Å². The summed E-state index contributed by atoms with van der Waals surface area (Å²) in [6.45, 7) is 3.07. The van der Waals surface area contributed by atoms with Crippen LogP contribution in [0.2, 0.25) is 5.02 Å². The minimum atomic E-state index is -0.330. The number of halogens is 1. The maximum absolute atomic E-state index is 12.7. The lowest BCUT2D eigenvalue weighted by Gasteiger charge is -2.34. The number of thiophene rings is 1. The molecule has 1 fully saturated rings. The standard InChI is InChI=1S/C15H17ClN2O2S/c1-8-7-18(6-5-10(8)19)15(20)14-13(17)12-9(16)3-2-4-11(12)21-14/h2-4,8,10,19H,5-7,17H2,1H3. The molecule has 1 saturated heterocycles. The van der Waals surface area contributed by atoms with Gasteiger partial charge < -0.3 is 15.7 Å². The van der Waals surface area contributed by atoms with Crippen molar-refractivity contribution in [2.45, 2.75) is 19.4 Å². The molecule has 2 aromatic rings. The average molecular weight is 325 g/mol. The maximum Gasteiger partial charge on any atom is 0.266 e. The number of nitrogens with zero attached hydrogens (tertiary/aromatic N) is 1. The lowest BCUT2D eigenvalue weighted by molar-refractivity contribution is 0.0301. The first-order valence-electron chi connectivity index (χ1n) is 6.93. The van der Waals surface area contributed by atoms with Crippen LogP contribution in [-0.4, -0.2) is 35.1 Å². The third-order valence-corrected chi connectivity index (χ3v) is 5.52. The van der Waals surface area contributed by atoms with E-state index in [1.54, 1.807) is 11.0 Å². The molecule has 6 heteroatoms.